The van der Waals surface area contributed by atoms with Gasteiger partial charge in [0, 0.05) is 22.2 Å². The van der Waals surface area contributed by atoms with Crippen LogP contribution in [0.5, 0.6) is 5.75 Å². The van der Waals surface area contributed by atoms with Crippen LogP contribution in [0.15, 0.2) is 60.7 Å². The summed E-state index contributed by atoms with van der Waals surface area (Å²) in [7, 11) is 2.72. The maximum absolute atomic E-state index is 13.6. The average molecular weight is 641 g/mol. The van der Waals surface area contributed by atoms with Gasteiger partial charge in [-0.15, -0.1) is 0 Å². The summed E-state index contributed by atoms with van der Waals surface area (Å²) >= 11 is 2.15. The average Bonchev–Trinajstić information content (AvgIpc) is 2.89. The van der Waals surface area contributed by atoms with Gasteiger partial charge in [-0.05, 0) is 88.2 Å². The van der Waals surface area contributed by atoms with E-state index in [1.807, 2.05) is 24.3 Å². The summed E-state index contributed by atoms with van der Waals surface area (Å²) in [5.74, 6) is -0.0503. The number of esters is 1. The molecule has 0 radical (unpaired) electrons. The molecule has 0 spiro atoms. The molecule has 0 fully saturated rings. The summed E-state index contributed by atoms with van der Waals surface area (Å²) in [5, 5.41) is 0. The van der Waals surface area contributed by atoms with Crippen LogP contribution in [0.2, 0.25) is 0 Å². The molecule has 1 amide bonds. The molecule has 38 heavy (non-hydrogen) atoms. The number of benzene rings is 3. The first-order valence-corrected chi connectivity index (χ1v) is 12.7. The fraction of sp³-hybridized carbons (Fsp3) is 0.286. The second kappa shape index (κ2) is 13.0. The molecule has 3 rings (SSSR count). The van der Waals surface area contributed by atoms with E-state index in [9.17, 15) is 22.8 Å². The minimum absolute atomic E-state index is 0.0186. The molecular formula is C28H27F3INO5. The van der Waals surface area contributed by atoms with Gasteiger partial charge in [-0.1, -0.05) is 24.3 Å². The van der Waals surface area contributed by atoms with Gasteiger partial charge in [0.05, 0.1) is 26.2 Å². The van der Waals surface area contributed by atoms with Crippen molar-refractivity contribution in [3.63, 3.8) is 0 Å². The Kier molecular flexibility index (Phi) is 10.0. The minimum Gasteiger partial charge on any atom is -0.496 e. The number of methoxy groups -OCH3 is 2. The zero-order chi connectivity index (χ0) is 27.9. The van der Waals surface area contributed by atoms with Crippen molar-refractivity contribution in [1.82, 2.24) is 4.90 Å². The van der Waals surface area contributed by atoms with Crippen molar-refractivity contribution in [1.29, 1.82) is 0 Å². The van der Waals surface area contributed by atoms with Gasteiger partial charge >= 0.3 is 18.2 Å². The third kappa shape index (κ3) is 7.62. The van der Waals surface area contributed by atoms with Crippen LogP contribution < -0.4 is 4.74 Å². The number of hydrogen-bond donors (Lipinski definition) is 0. The molecule has 0 unspecified atom stereocenters. The van der Waals surface area contributed by atoms with Crippen LogP contribution in [-0.2, 0) is 40.0 Å². The molecule has 3 aromatic carbocycles. The van der Waals surface area contributed by atoms with Gasteiger partial charge in [0.15, 0.2) is 0 Å². The standard InChI is InChI=1S/C28H27F3INO5/c1-4-33(27(35)38-17-19-6-5-7-22(32)12-19)16-20-15-21(28(29,30)31)9-10-23(20)24-13-18(14-26(34)37-3)8-11-25(24)36-2/h5-13,15H,4,14,16-17H2,1-3H3. The highest BCUT2D eigenvalue weighted by molar-refractivity contribution is 14.1. The van der Waals surface area contributed by atoms with Crippen molar-refractivity contribution in [2.45, 2.75) is 32.7 Å². The third-order valence-corrected chi connectivity index (χ3v) is 6.49. The lowest BCUT2D eigenvalue weighted by Gasteiger charge is -2.23. The van der Waals surface area contributed by atoms with Crippen molar-refractivity contribution >= 4 is 34.7 Å². The normalized spacial score (nSPS) is 11.1. The number of alkyl halides is 3. The van der Waals surface area contributed by atoms with Gasteiger partial charge in [-0.3, -0.25) is 4.79 Å². The van der Waals surface area contributed by atoms with Gasteiger partial charge < -0.3 is 19.1 Å². The fourth-order valence-electron chi connectivity index (χ4n) is 3.85. The molecule has 0 saturated carbocycles. The van der Waals surface area contributed by atoms with Gasteiger partial charge in [0.25, 0.3) is 0 Å². The van der Waals surface area contributed by atoms with Crippen LogP contribution in [0.4, 0.5) is 18.0 Å². The first kappa shape index (κ1) is 29.3. The molecule has 202 valence electrons. The summed E-state index contributed by atoms with van der Waals surface area (Å²) in [6, 6.07) is 15.8. The second-order valence-corrected chi connectivity index (χ2v) is 9.60. The Bertz CT molecular complexity index is 1300. The largest absolute Gasteiger partial charge is 0.496 e. The Labute approximate surface area is 232 Å². The molecule has 0 aliphatic carbocycles. The van der Waals surface area contributed by atoms with E-state index in [-0.39, 0.29) is 31.7 Å². The molecule has 0 bridgehead atoms. The quantitative estimate of drug-likeness (QED) is 0.189. The van der Waals surface area contributed by atoms with E-state index in [0.29, 0.717) is 22.4 Å². The third-order valence-electron chi connectivity index (χ3n) is 5.82. The number of hydrogen-bond acceptors (Lipinski definition) is 5. The number of carbonyl (C=O) groups excluding carboxylic acids is 2. The number of rotatable bonds is 9. The summed E-state index contributed by atoms with van der Waals surface area (Å²) < 4.78 is 57.5. The van der Waals surface area contributed by atoms with Gasteiger partial charge in [-0.2, -0.15) is 13.2 Å². The smallest absolute Gasteiger partial charge is 0.416 e. The molecule has 10 heteroatoms. The predicted molar refractivity (Wildman–Crippen MR) is 145 cm³/mol. The first-order chi connectivity index (χ1) is 18.0. The Morgan fingerprint density at radius 2 is 1.71 bits per heavy atom. The Balaban J connectivity index is 1.98. The van der Waals surface area contributed by atoms with Crippen molar-refractivity contribution in [2.24, 2.45) is 0 Å². The van der Waals surface area contributed by atoms with Crippen LogP contribution in [0, 0.1) is 3.57 Å². The molecule has 0 aliphatic rings. The lowest BCUT2D eigenvalue weighted by Crippen LogP contribution is -2.31. The predicted octanol–water partition coefficient (Wildman–Crippen LogP) is 6.86. The second-order valence-electron chi connectivity index (χ2n) is 8.36. The van der Waals surface area contributed by atoms with E-state index >= 15 is 0 Å². The molecule has 0 saturated heterocycles. The summed E-state index contributed by atoms with van der Waals surface area (Å²) in [5.41, 5.74) is 1.73. The SMILES string of the molecule is CCN(Cc1cc(C(F)(F)F)ccc1-c1cc(CC(=O)OC)ccc1OC)C(=O)OCc1cccc(I)c1. The summed E-state index contributed by atoms with van der Waals surface area (Å²) in [4.78, 5) is 26.0. The van der Waals surface area contributed by atoms with Crippen LogP contribution in [0.3, 0.4) is 0 Å². The molecule has 3 aromatic rings. The van der Waals surface area contributed by atoms with Gasteiger partial charge in [0.2, 0.25) is 0 Å². The monoisotopic (exact) mass is 641 g/mol. The highest BCUT2D eigenvalue weighted by Crippen LogP contribution is 2.38. The maximum atomic E-state index is 13.6. The van der Waals surface area contributed by atoms with Gasteiger partial charge in [0.1, 0.15) is 12.4 Å². The topological polar surface area (TPSA) is 65.1 Å². The highest BCUT2D eigenvalue weighted by Gasteiger charge is 2.32. The van der Waals surface area contributed by atoms with E-state index in [0.717, 1.165) is 21.3 Å². The number of ether oxygens (including phenoxy) is 3. The van der Waals surface area contributed by atoms with E-state index in [2.05, 4.69) is 22.6 Å². The minimum atomic E-state index is -4.58. The number of nitrogens with zero attached hydrogens (tertiary/aromatic N) is 1. The lowest BCUT2D eigenvalue weighted by molar-refractivity contribution is -0.140. The fourth-order valence-corrected chi connectivity index (χ4v) is 4.46. The van der Waals surface area contributed by atoms with Crippen LogP contribution in [0.25, 0.3) is 11.1 Å². The van der Waals surface area contributed by atoms with Crippen LogP contribution in [-0.4, -0.2) is 37.7 Å². The van der Waals surface area contributed by atoms with Gasteiger partial charge in [-0.25, -0.2) is 4.79 Å². The molecule has 0 N–H and O–H groups in total. The van der Waals surface area contributed by atoms with E-state index in [1.54, 1.807) is 25.1 Å². The number of carbonyl (C=O) groups is 2. The van der Waals surface area contributed by atoms with E-state index in [1.165, 1.54) is 25.2 Å². The summed E-state index contributed by atoms with van der Waals surface area (Å²) in [6.07, 6.45) is -5.25. The number of amides is 1. The zero-order valence-electron chi connectivity index (χ0n) is 21.1. The van der Waals surface area contributed by atoms with Crippen molar-refractivity contribution in [3.8, 4) is 16.9 Å². The Morgan fingerprint density at radius 3 is 2.34 bits per heavy atom. The van der Waals surface area contributed by atoms with Crippen molar-refractivity contribution < 1.29 is 37.0 Å². The highest BCUT2D eigenvalue weighted by atomic mass is 127. The van der Waals surface area contributed by atoms with Crippen molar-refractivity contribution in [3.05, 3.63) is 86.5 Å². The molecule has 0 heterocycles. The number of halogens is 4. The molecular weight excluding hydrogens is 614 g/mol. The Hall–Kier alpha value is -3.28. The molecule has 6 nitrogen and oxygen atoms in total. The molecule has 0 aromatic heterocycles. The van der Waals surface area contributed by atoms with E-state index < -0.39 is 23.8 Å². The summed E-state index contributed by atoms with van der Waals surface area (Å²) in [6.45, 7) is 1.83. The lowest BCUT2D eigenvalue weighted by atomic mass is 9.94. The van der Waals surface area contributed by atoms with E-state index in [4.69, 9.17) is 14.2 Å². The first-order valence-electron chi connectivity index (χ1n) is 11.7. The zero-order valence-corrected chi connectivity index (χ0v) is 23.3. The molecule has 0 atom stereocenters. The Morgan fingerprint density at radius 1 is 0.947 bits per heavy atom. The van der Waals surface area contributed by atoms with Crippen LogP contribution in [0.1, 0.15) is 29.2 Å². The molecule has 0 aliphatic heterocycles. The maximum Gasteiger partial charge on any atom is 0.416 e. The van der Waals surface area contributed by atoms with Crippen LogP contribution >= 0.6 is 22.6 Å². The van der Waals surface area contributed by atoms with Crippen molar-refractivity contribution in [2.75, 3.05) is 20.8 Å².